The van der Waals surface area contributed by atoms with Gasteiger partial charge in [-0.1, -0.05) is 37.3 Å². The number of amidine groups is 1. The summed E-state index contributed by atoms with van der Waals surface area (Å²) in [5.74, 6) is 0.798. The number of ether oxygens (including phenoxy) is 1. The molecule has 0 N–H and O–H groups in total. The molecule has 0 unspecified atom stereocenters. The van der Waals surface area contributed by atoms with Crippen LogP contribution in [0, 0.1) is 0 Å². The number of rotatable bonds is 5. The van der Waals surface area contributed by atoms with E-state index in [1.54, 1.807) is 11.9 Å². The topological polar surface area (TPSA) is 41.9 Å². The number of aliphatic imine (C=N–C) groups is 1. The van der Waals surface area contributed by atoms with Crippen LogP contribution in [0.2, 0.25) is 0 Å². The Morgan fingerprint density at radius 3 is 2.54 bits per heavy atom. The molecule has 3 rings (SSSR count). The molecular formula is C21H22N2O2S. The van der Waals surface area contributed by atoms with Crippen molar-refractivity contribution in [2.24, 2.45) is 4.99 Å². The van der Waals surface area contributed by atoms with Gasteiger partial charge in [0.15, 0.2) is 5.17 Å². The molecule has 0 bridgehead atoms. The van der Waals surface area contributed by atoms with E-state index in [1.807, 2.05) is 55.5 Å². The Morgan fingerprint density at radius 2 is 1.85 bits per heavy atom. The third-order valence-corrected chi connectivity index (χ3v) is 5.14. The summed E-state index contributed by atoms with van der Waals surface area (Å²) in [5, 5.41) is 0.702. The highest BCUT2D eigenvalue weighted by Crippen LogP contribution is 2.34. The van der Waals surface area contributed by atoms with Crippen LogP contribution in [0.1, 0.15) is 25.0 Å². The molecule has 26 heavy (non-hydrogen) atoms. The number of nitrogens with zero attached hydrogens (tertiary/aromatic N) is 2. The van der Waals surface area contributed by atoms with E-state index in [0.29, 0.717) is 16.7 Å². The molecule has 0 aliphatic carbocycles. The van der Waals surface area contributed by atoms with Gasteiger partial charge < -0.3 is 4.74 Å². The SMILES string of the molecule is CCOc1ccc(/C=C2\SC(=Nc3ccccc3CC)N(C)C2=O)cc1. The summed E-state index contributed by atoms with van der Waals surface area (Å²) in [6.07, 6.45) is 2.80. The summed E-state index contributed by atoms with van der Waals surface area (Å²) in [5.41, 5.74) is 3.05. The van der Waals surface area contributed by atoms with Gasteiger partial charge in [-0.05, 0) is 60.5 Å². The molecule has 1 fully saturated rings. The van der Waals surface area contributed by atoms with Crippen LogP contribution < -0.4 is 4.74 Å². The van der Waals surface area contributed by atoms with Crippen LogP contribution in [0.4, 0.5) is 5.69 Å². The lowest BCUT2D eigenvalue weighted by Gasteiger charge is -2.08. The minimum atomic E-state index is -0.0309. The van der Waals surface area contributed by atoms with Gasteiger partial charge in [0.05, 0.1) is 17.2 Å². The van der Waals surface area contributed by atoms with E-state index in [2.05, 4.69) is 13.0 Å². The summed E-state index contributed by atoms with van der Waals surface area (Å²) in [6.45, 7) is 4.70. The van der Waals surface area contributed by atoms with Gasteiger partial charge in [0.1, 0.15) is 5.75 Å². The molecule has 0 atom stereocenters. The number of thioether (sulfide) groups is 1. The van der Waals surface area contributed by atoms with Crippen molar-refractivity contribution in [2.75, 3.05) is 13.7 Å². The number of carbonyl (C=O) groups excluding carboxylic acids is 1. The molecule has 1 heterocycles. The number of amides is 1. The van der Waals surface area contributed by atoms with E-state index >= 15 is 0 Å². The first-order chi connectivity index (χ1) is 12.6. The molecule has 0 aromatic heterocycles. The van der Waals surface area contributed by atoms with E-state index in [4.69, 9.17) is 9.73 Å². The smallest absolute Gasteiger partial charge is 0.266 e. The predicted molar refractivity (Wildman–Crippen MR) is 109 cm³/mol. The Morgan fingerprint density at radius 1 is 1.12 bits per heavy atom. The molecule has 0 radical (unpaired) electrons. The average Bonchev–Trinajstić information content (AvgIpc) is 2.92. The quantitative estimate of drug-likeness (QED) is 0.708. The number of likely N-dealkylation sites (N-methyl/N-ethyl adjacent to an activating group) is 1. The van der Waals surface area contributed by atoms with Crippen molar-refractivity contribution in [3.8, 4) is 5.75 Å². The Kier molecular flexibility index (Phi) is 5.78. The molecule has 1 saturated heterocycles. The lowest BCUT2D eigenvalue weighted by atomic mass is 10.1. The highest BCUT2D eigenvalue weighted by molar-refractivity contribution is 8.18. The zero-order valence-electron chi connectivity index (χ0n) is 15.2. The highest BCUT2D eigenvalue weighted by atomic mass is 32.2. The van der Waals surface area contributed by atoms with E-state index in [0.717, 1.165) is 23.4 Å². The summed E-state index contributed by atoms with van der Waals surface area (Å²) >= 11 is 1.41. The lowest BCUT2D eigenvalue weighted by Crippen LogP contribution is -2.23. The third-order valence-electron chi connectivity index (χ3n) is 4.08. The van der Waals surface area contributed by atoms with Crippen molar-refractivity contribution in [1.82, 2.24) is 4.90 Å². The molecule has 5 heteroatoms. The predicted octanol–water partition coefficient (Wildman–Crippen LogP) is 4.88. The number of aryl methyl sites for hydroxylation is 1. The van der Waals surface area contributed by atoms with Crippen molar-refractivity contribution in [2.45, 2.75) is 20.3 Å². The van der Waals surface area contributed by atoms with Crippen molar-refractivity contribution in [3.63, 3.8) is 0 Å². The van der Waals surface area contributed by atoms with E-state index < -0.39 is 0 Å². The summed E-state index contributed by atoms with van der Waals surface area (Å²) in [7, 11) is 1.77. The first-order valence-corrected chi connectivity index (χ1v) is 9.51. The van der Waals surface area contributed by atoms with E-state index in [-0.39, 0.29) is 5.91 Å². The van der Waals surface area contributed by atoms with Crippen LogP contribution in [0.15, 0.2) is 58.4 Å². The Hall–Kier alpha value is -2.53. The second kappa shape index (κ2) is 8.23. The molecule has 0 saturated carbocycles. The zero-order valence-corrected chi connectivity index (χ0v) is 16.0. The van der Waals surface area contributed by atoms with Gasteiger partial charge in [0.2, 0.25) is 0 Å². The first kappa shape index (κ1) is 18.3. The molecule has 1 aliphatic rings. The van der Waals surface area contributed by atoms with Crippen LogP contribution in [0.5, 0.6) is 5.75 Å². The Balaban J connectivity index is 1.85. The van der Waals surface area contributed by atoms with Gasteiger partial charge in [-0.2, -0.15) is 0 Å². The maximum atomic E-state index is 12.6. The molecule has 134 valence electrons. The zero-order chi connectivity index (χ0) is 18.5. The molecular weight excluding hydrogens is 344 g/mol. The second-order valence-corrected chi connectivity index (χ2v) is 6.86. The molecule has 0 spiro atoms. The number of benzene rings is 2. The molecule has 2 aromatic carbocycles. The highest BCUT2D eigenvalue weighted by Gasteiger charge is 2.30. The van der Waals surface area contributed by atoms with Crippen molar-refractivity contribution in [1.29, 1.82) is 0 Å². The minimum Gasteiger partial charge on any atom is -0.494 e. The third kappa shape index (κ3) is 3.99. The largest absolute Gasteiger partial charge is 0.494 e. The minimum absolute atomic E-state index is 0.0309. The number of hydrogen-bond acceptors (Lipinski definition) is 4. The Labute approximate surface area is 158 Å². The number of para-hydroxylation sites is 1. The van der Waals surface area contributed by atoms with Gasteiger partial charge >= 0.3 is 0 Å². The van der Waals surface area contributed by atoms with Crippen LogP contribution >= 0.6 is 11.8 Å². The van der Waals surface area contributed by atoms with Gasteiger partial charge in [0, 0.05) is 7.05 Å². The van der Waals surface area contributed by atoms with Crippen LogP contribution in [-0.4, -0.2) is 29.6 Å². The average molecular weight is 366 g/mol. The normalized spacial score (nSPS) is 17.3. The number of carbonyl (C=O) groups is 1. The maximum Gasteiger partial charge on any atom is 0.266 e. The van der Waals surface area contributed by atoms with Crippen molar-refractivity contribution >= 4 is 34.6 Å². The second-order valence-electron chi connectivity index (χ2n) is 5.85. The summed E-state index contributed by atoms with van der Waals surface area (Å²) in [6, 6.07) is 15.8. The van der Waals surface area contributed by atoms with Gasteiger partial charge in [-0.25, -0.2) is 4.99 Å². The van der Waals surface area contributed by atoms with E-state index in [9.17, 15) is 4.79 Å². The fraction of sp³-hybridized carbons (Fsp3) is 0.238. The van der Waals surface area contributed by atoms with Crippen molar-refractivity contribution in [3.05, 3.63) is 64.6 Å². The van der Waals surface area contributed by atoms with Gasteiger partial charge in [-0.15, -0.1) is 0 Å². The Bertz CT molecular complexity index is 857. The van der Waals surface area contributed by atoms with Crippen molar-refractivity contribution < 1.29 is 9.53 Å². The fourth-order valence-corrected chi connectivity index (χ4v) is 3.63. The monoisotopic (exact) mass is 366 g/mol. The fourth-order valence-electron chi connectivity index (χ4n) is 2.65. The van der Waals surface area contributed by atoms with E-state index in [1.165, 1.54) is 17.3 Å². The molecule has 4 nitrogen and oxygen atoms in total. The molecule has 1 amide bonds. The number of hydrogen-bond donors (Lipinski definition) is 0. The van der Waals surface area contributed by atoms with Crippen LogP contribution in [0.25, 0.3) is 6.08 Å². The first-order valence-electron chi connectivity index (χ1n) is 8.69. The van der Waals surface area contributed by atoms with Crippen LogP contribution in [-0.2, 0) is 11.2 Å². The molecule has 1 aliphatic heterocycles. The summed E-state index contributed by atoms with van der Waals surface area (Å²) < 4.78 is 5.45. The maximum absolute atomic E-state index is 12.6. The van der Waals surface area contributed by atoms with Crippen LogP contribution in [0.3, 0.4) is 0 Å². The van der Waals surface area contributed by atoms with Gasteiger partial charge in [0.25, 0.3) is 5.91 Å². The summed E-state index contributed by atoms with van der Waals surface area (Å²) in [4.78, 5) is 19.6. The lowest BCUT2D eigenvalue weighted by molar-refractivity contribution is -0.121. The molecule has 2 aromatic rings. The van der Waals surface area contributed by atoms with Gasteiger partial charge in [-0.3, -0.25) is 9.69 Å². The standard InChI is InChI=1S/C21H22N2O2S/c1-4-16-8-6-7-9-18(16)22-21-23(3)20(24)19(26-21)14-15-10-12-17(13-11-15)25-5-2/h6-14H,4-5H2,1-3H3/b19-14-,22-21?.